The van der Waals surface area contributed by atoms with Crippen LogP contribution >= 0.6 is 0 Å². The first-order valence-corrected chi connectivity index (χ1v) is 17.9. The third kappa shape index (κ3) is 15.8. The van der Waals surface area contributed by atoms with Crippen molar-refractivity contribution in [2.45, 2.75) is 87.6 Å². The number of hydrogen-bond acceptors (Lipinski definition) is 7. The number of rotatable bonds is 8. The smallest absolute Gasteiger partial charge is 0.122 e. The van der Waals surface area contributed by atoms with Gasteiger partial charge in [0.05, 0.1) is 14.2 Å². The summed E-state index contributed by atoms with van der Waals surface area (Å²) in [6.45, 7) is 17.7. The fraction of sp³-hybridized carbons (Fsp3) is 0.333. The van der Waals surface area contributed by atoms with Crippen molar-refractivity contribution in [1.82, 2.24) is 0 Å². The quantitative estimate of drug-likeness (QED) is 0.109. The van der Waals surface area contributed by atoms with E-state index in [1.165, 1.54) is 50.1 Å². The van der Waals surface area contributed by atoms with Crippen LogP contribution < -0.4 is 38.1 Å². The second-order valence-corrected chi connectivity index (χ2v) is 12.5. The third-order valence-electron chi connectivity index (χ3n) is 8.85. The van der Waals surface area contributed by atoms with Crippen LogP contribution in [0.3, 0.4) is 0 Å². The lowest BCUT2D eigenvalue weighted by molar-refractivity contribution is 0.411. The molecule has 0 radical (unpaired) electrons. The zero-order valence-corrected chi connectivity index (χ0v) is 33.2. The molecule has 0 atom stereocenters. The monoisotopic (exact) mass is 708 g/mol. The molecule has 0 bridgehead atoms. The first kappa shape index (κ1) is 45.5. The predicted molar refractivity (Wildman–Crippen MR) is 223 cm³/mol. The lowest BCUT2D eigenvalue weighted by Crippen LogP contribution is -2.00. The topological polar surface area (TPSA) is 149 Å². The maximum Gasteiger partial charge on any atom is 0.122 e. The Bertz CT molecular complexity index is 1730. The van der Waals surface area contributed by atoms with Gasteiger partial charge in [0.2, 0.25) is 0 Å². The summed E-state index contributed by atoms with van der Waals surface area (Å²) in [5, 5.41) is 0. The molecule has 0 spiro atoms. The van der Waals surface area contributed by atoms with E-state index in [2.05, 4.69) is 83.1 Å². The molecule has 5 rings (SSSR count). The molecule has 0 aliphatic carbocycles. The molecule has 10 N–H and O–H groups in total. The van der Waals surface area contributed by atoms with Gasteiger partial charge in [0.15, 0.2) is 0 Å². The summed E-state index contributed by atoms with van der Waals surface area (Å²) >= 11 is 0. The van der Waals surface area contributed by atoms with E-state index in [-0.39, 0.29) is 0 Å². The summed E-state index contributed by atoms with van der Waals surface area (Å²) in [5.41, 5.74) is 42.5. The molecule has 282 valence electrons. The average Bonchev–Trinajstić information content (AvgIpc) is 3.17. The standard InChI is InChI=1S/C10H15N.2C9H13NO.C9H13N.C8H11N/c1-3-9-4-5-10(7-11)8(2)6-9;1-7-3-4-9(11-2)5-8(7)6-10;1-7-8(6-10)4-3-5-9(7)11-2;1-7-3-4-8(2)9(5-7)6-10;1-7-4-2-3-5-8(7)6-9/h4-6H,3,7,11H2,1-2H3;2*3-5H,6,10H2,1-2H3;3-5H,6,10H2,1-2H3;2-5H,6,9H2,1H3. The highest BCUT2D eigenvalue weighted by Crippen LogP contribution is 2.20. The van der Waals surface area contributed by atoms with Gasteiger partial charge in [-0.05, 0) is 127 Å². The summed E-state index contributed by atoms with van der Waals surface area (Å²) < 4.78 is 10.2. The van der Waals surface area contributed by atoms with E-state index in [1.807, 2.05) is 62.4 Å². The molecule has 0 aromatic heterocycles. The highest BCUT2D eigenvalue weighted by molar-refractivity contribution is 5.39. The number of nitrogens with two attached hydrogens (primary N) is 5. The minimum Gasteiger partial charge on any atom is -0.497 e. The van der Waals surface area contributed by atoms with Gasteiger partial charge in [-0.25, -0.2) is 0 Å². The van der Waals surface area contributed by atoms with Gasteiger partial charge in [0, 0.05) is 32.7 Å². The molecule has 5 aromatic rings. The lowest BCUT2D eigenvalue weighted by Gasteiger charge is -2.07. The number of hydrogen-bond donors (Lipinski definition) is 5. The summed E-state index contributed by atoms with van der Waals surface area (Å²) in [5.74, 6) is 1.78. The Kier molecular flexibility index (Phi) is 22.3. The van der Waals surface area contributed by atoms with Gasteiger partial charge in [-0.15, -0.1) is 0 Å². The van der Waals surface area contributed by atoms with E-state index in [4.69, 9.17) is 38.1 Å². The van der Waals surface area contributed by atoms with E-state index < -0.39 is 0 Å². The van der Waals surface area contributed by atoms with Crippen LogP contribution in [0, 0.1) is 41.5 Å². The second kappa shape index (κ2) is 25.5. The van der Waals surface area contributed by atoms with E-state index in [9.17, 15) is 0 Å². The fourth-order valence-electron chi connectivity index (χ4n) is 5.16. The van der Waals surface area contributed by atoms with E-state index in [0.717, 1.165) is 34.6 Å². The van der Waals surface area contributed by atoms with Crippen LogP contribution in [0.1, 0.15) is 73.7 Å². The molecule has 0 aliphatic heterocycles. The minimum atomic E-state index is 0.572. The molecule has 0 fully saturated rings. The van der Waals surface area contributed by atoms with Crippen LogP contribution in [-0.4, -0.2) is 14.2 Å². The van der Waals surface area contributed by atoms with Crippen molar-refractivity contribution in [3.05, 3.63) is 164 Å². The maximum atomic E-state index is 5.54. The number of ether oxygens (including phenoxy) is 2. The Morgan fingerprint density at radius 2 is 0.962 bits per heavy atom. The molecule has 7 nitrogen and oxygen atoms in total. The minimum absolute atomic E-state index is 0.572. The lowest BCUT2D eigenvalue weighted by atomic mass is 10.0. The SMILES string of the molecule is CCc1ccc(CN)c(C)c1.COc1ccc(C)c(CN)c1.COc1cccc(CN)c1C.Cc1ccc(C)c(CN)c1.Cc1ccccc1CN. The summed E-state index contributed by atoms with van der Waals surface area (Å²) in [6, 6.07) is 32.8. The zero-order chi connectivity index (χ0) is 39.1. The zero-order valence-electron chi connectivity index (χ0n) is 33.2. The van der Waals surface area contributed by atoms with Crippen LogP contribution in [0.25, 0.3) is 0 Å². The predicted octanol–water partition coefficient (Wildman–Crippen LogP) is 8.16. The molecular weight excluding hydrogens is 643 g/mol. The number of methoxy groups -OCH3 is 2. The second-order valence-electron chi connectivity index (χ2n) is 12.5. The van der Waals surface area contributed by atoms with E-state index >= 15 is 0 Å². The van der Waals surface area contributed by atoms with Crippen molar-refractivity contribution in [2.24, 2.45) is 28.7 Å². The van der Waals surface area contributed by atoms with Crippen LogP contribution in [-0.2, 0) is 39.1 Å². The van der Waals surface area contributed by atoms with Crippen molar-refractivity contribution in [1.29, 1.82) is 0 Å². The Morgan fingerprint density at radius 1 is 0.442 bits per heavy atom. The molecule has 0 unspecified atom stereocenters. The Hall–Kier alpha value is -4.50. The van der Waals surface area contributed by atoms with Crippen LogP contribution in [0.4, 0.5) is 0 Å². The van der Waals surface area contributed by atoms with Gasteiger partial charge < -0.3 is 38.1 Å². The first-order chi connectivity index (χ1) is 24.9. The molecule has 0 amide bonds. The Morgan fingerprint density at radius 3 is 1.44 bits per heavy atom. The molecular formula is C45H65N5O2. The van der Waals surface area contributed by atoms with Crippen LogP contribution in [0.15, 0.2) is 97.1 Å². The van der Waals surface area contributed by atoms with Gasteiger partial charge in [-0.3, -0.25) is 0 Å². The van der Waals surface area contributed by atoms with E-state index in [1.54, 1.807) is 14.2 Å². The first-order valence-electron chi connectivity index (χ1n) is 17.9. The normalized spacial score (nSPS) is 9.81. The molecule has 52 heavy (non-hydrogen) atoms. The summed E-state index contributed by atoms with van der Waals surface area (Å²) in [6.07, 6.45) is 1.10. The number of benzene rings is 5. The van der Waals surface area contributed by atoms with Crippen molar-refractivity contribution in [2.75, 3.05) is 14.2 Å². The largest absolute Gasteiger partial charge is 0.497 e. The maximum absolute atomic E-state index is 5.54. The van der Waals surface area contributed by atoms with Crippen LogP contribution in [0.2, 0.25) is 0 Å². The molecule has 5 aromatic carbocycles. The highest BCUT2D eigenvalue weighted by atomic mass is 16.5. The molecule has 0 saturated heterocycles. The summed E-state index contributed by atoms with van der Waals surface area (Å²) in [4.78, 5) is 0. The van der Waals surface area contributed by atoms with Crippen LogP contribution in [0.5, 0.6) is 11.5 Å². The van der Waals surface area contributed by atoms with Gasteiger partial charge in [-0.2, -0.15) is 0 Å². The molecule has 0 heterocycles. The Balaban J connectivity index is 0.000000326. The van der Waals surface area contributed by atoms with Crippen molar-refractivity contribution in [3.8, 4) is 11.5 Å². The molecule has 0 aliphatic rings. The molecule has 0 saturated carbocycles. The van der Waals surface area contributed by atoms with Crippen molar-refractivity contribution >= 4 is 0 Å². The average molecular weight is 708 g/mol. The van der Waals surface area contributed by atoms with Crippen molar-refractivity contribution in [3.63, 3.8) is 0 Å². The fourth-order valence-corrected chi connectivity index (χ4v) is 5.16. The highest BCUT2D eigenvalue weighted by Gasteiger charge is 2.01. The molecule has 7 heteroatoms. The van der Waals surface area contributed by atoms with Gasteiger partial charge in [0.1, 0.15) is 11.5 Å². The van der Waals surface area contributed by atoms with Gasteiger partial charge >= 0.3 is 0 Å². The van der Waals surface area contributed by atoms with Crippen molar-refractivity contribution < 1.29 is 9.47 Å². The third-order valence-corrected chi connectivity index (χ3v) is 8.85. The van der Waals surface area contributed by atoms with Gasteiger partial charge in [0.25, 0.3) is 0 Å². The van der Waals surface area contributed by atoms with Gasteiger partial charge in [-0.1, -0.05) is 91.3 Å². The Labute approximate surface area is 314 Å². The summed E-state index contributed by atoms with van der Waals surface area (Å²) in [7, 11) is 3.33. The number of aryl methyl sites for hydroxylation is 6. The van der Waals surface area contributed by atoms with E-state index in [0.29, 0.717) is 32.7 Å².